The molecule has 0 aliphatic rings. The van der Waals surface area contributed by atoms with Crippen molar-refractivity contribution in [3.05, 3.63) is 0 Å². The Morgan fingerprint density at radius 3 is 1.56 bits per heavy atom. The van der Waals surface area contributed by atoms with Crippen molar-refractivity contribution in [2.75, 3.05) is 6.61 Å². The van der Waals surface area contributed by atoms with Gasteiger partial charge < -0.3 is 9.47 Å². The van der Waals surface area contributed by atoms with E-state index in [1.165, 1.54) is 0 Å². The molecule has 4 radical (unpaired) electrons. The van der Waals surface area contributed by atoms with Gasteiger partial charge in [0.25, 0.3) is 0 Å². The van der Waals surface area contributed by atoms with Crippen LogP contribution in [0.1, 0.15) is 96.4 Å². The molecular weight excluding hydrogens is 329 g/mol. The van der Waals surface area contributed by atoms with Crippen LogP contribution < -0.4 is 0 Å². The van der Waals surface area contributed by atoms with Crippen LogP contribution in [-0.4, -0.2) is 45.6 Å². The van der Waals surface area contributed by atoms with Gasteiger partial charge >= 0.3 is 0 Å². The maximum absolute atomic E-state index is 6.78. The van der Waals surface area contributed by atoms with Gasteiger partial charge in [-0.05, 0) is 58.7 Å². The first-order chi connectivity index (χ1) is 11.7. The fraction of sp³-hybridized carbons (Fsp3) is 1.00. The Bertz CT molecular complexity index is 452. The smallest absolute Gasteiger partial charge is 0.156 e. The van der Waals surface area contributed by atoms with Crippen molar-refractivity contribution in [2.45, 2.75) is 130 Å². The minimum Gasteiger partial charge on any atom is -0.385 e. The van der Waals surface area contributed by atoms with E-state index >= 15 is 0 Å². The molecule has 0 spiro atoms. The fourth-order valence-corrected chi connectivity index (χ4v) is 4.23. The summed E-state index contributed by atoms with van der Waals surface area (Å²) in [6.45, 7) is 28.6. The lowest BCUT2D eigenvalue weighted by atomic mass is 9.51. The van der Waals surface area contributed by atoms with Crippen molar-refractivity contribution in [3.63, 3.8) is 0 Å². The molecule has 5 heteroatoms. The zero-order valence-electron chi connectivity index (χ0n) is 20.6. The molecule has 0 aromatic rings. The second-order valence-corrected chi connectivity index (χ2v) is 11.7. The highest BCUT2D eigenvalue weighted by Crippen LogP contribution is 2.49. The molecule has 0 fully saturated rings. The van der Waals surface area contributed by atoms with Crippen molar-refractivity contribution >= 4 is 22.4 Å². The summed E-state index contributed by atoms with van der Waals surface area (Å²) in [6, 6.07) is 0. The Morgan fingerprint density at radius 2 is 1.15 bits per heavy atom. The van der Waals surface area contributed by atoms with Crippen LogP contribution in [0.2, 0.25) is 16.9 Å². The van der Waals surface area contributed by atoms with E-state index in [0.29, 0.717) is 18.2 Å². The van der Waals surface area contributed by atoms with Gasteiger partial charge in [-0.25, -0.2) is 0 Å². The van der Waals surface area contributed by atoms with Gasteiger partial charge in [-0.1, -0.05) is 60.1 Å². The SMILES string of the molecule is [B]C(C)(COC(C)(C)[B]C(C)C)C(C)(C)CC(C)(C)OC(C)(C)[B]C(C)C. The molecule has 0 saturated heterocycles. The maximum atomic E-state index is 6.78. The number of rotatable bonds is 12. The molecule has 0 aromatic carbocycles. The molecule has 0 amide bonds. The molecule has 0 rings (SSSR count). The summed E-state index contributed by atoms with van der Waals surface area (Å²) in [7, 11) is 11.3. The molecule has 0 heterocycles. The fourth-order valence-electron chi connectivity index (χ4n) is 4.23. The van der Waals surface area contributed by atoms with Gasteiger partial charge in [-0.2, -0.15) is 0 Å². The van der Waals surface area contributed by atoms with Crippen molar-refractivity contribution in [1.29, 1.82) is 0 Å². The van der Waals surface area contributed by atoms with Gasteiger partial charge in [-0.15, -0.1) is 0 Å². The summed E-state index contributed by atoms with van der Waals surface area (Å²) in [4.78, 5) is 0. The molecule has 0 aliphatic heterocycles. The summed E-state index contributed by atoms with van der Waals surface area (Å²) in [5, 5.41) is -0.471. The molecule has 27 heavy (non-hydrogen) atoms. The van der Waals surface area contributed by atoms with Crippen LogP contribution in [0.4, 0.5) is 0 Å². The average Bonchev–Trinajstić information content (AvgIpc) is 2.29. The minimum absolute atomic E-state index is 0.154. The lowest BCUT2D eigenvalue weighted by Crippen LogP contribution is -2.47. The van der Waals surface area contributed by atoms with E-state index in [9.17, 15) is 0 Å². The molecule has 0 N–H and O–H groups in total. The quantitative estimate of drug-likeness (QED) is 0.385. The number of hydrogen-bond acceptors (Lipinski definition) is 2. The van der Waals surface area contributed by atoms with Gasteiger partial charge in [0.2, 0.25) is 0 Å². The Hall–Kier alpha value is 0.115. The Labute approximate surface area is 174 Å². The van der Waals surface area contributed by atoms with E-state index in [2.05, 4.69) is 105 Å². The Kier molecular flexibility index (Phi) is 9.33. The molecule has 1 unspecified atom stereocenters. The third-order valence-corrected chi connectivity index (χ3v) is 5.17. The summed E-state index contributed by atoms with van der Waals surface area (Å²) < 4.78 is 12.7. The van der Waals surface area contributed by atoms with Crippen LogP contribution in [0, 0.1) is 5.41 Å². The zero-order chi connectivity index (χ0) is 21.9. The summed E-state index contributed by atoms with van der Waals surface area (Å²) in [5.74, 6) is 0.959. The van der Waals surface area contributed by atoms with E-state index in [1.54, 1.807) is 0 Å². The van der Waals surface area contributed by atoms with E-state index in [1.807, 2.05) is 0 Å². The highest BCUT2D eigenvalue weighted by molar-refractivity contribution is 6.41. The lowest BCUT2D eigenvalue weighted by Gasteiger charge is -2.49. The van der Waals surface area contributed by atoms with Crippen LogP contribution in [-0.2, 0) is 9.47 Å². The lowest BCUT2D eigenvalue weighted by molar-refractivity contribution is -0.110. The highest BCUT2D eigenvalue weighted by Gasteiger charge is 2.43. The molecule has 1 atom stereocenters. The van der Waals surface area contributed by atoms with E-state index in [4.69, 9.17) is 17.3 Å². The van der Waals surface area contributed by atoms with Crippen LogP contribution in [0.25, 0.3) is 0 Å². The van der Waals surface area contributed by atoms with Gasteiger partial charge in [0.1, 0.15) is 0 Å². The van der Waals surface area contributed by atoms with E-state index in [0.717, 1.165) is 6.42 Å². The molecule has 154 valence electrons. The topological polar surface area (TPSA) is 18.5 Å². The zero-order valence-corrected chi connectivity index (χ0v) is 20.6. The van der Waals surface area contributed by atoms with Gasteiger partial charge in [0, 0.05) is 17.6 Å². The first-order valence-corrected chi connectivity index (χ1v) is 10.6. The van der Waals surface area contributed by atoms with Crippen LogP contribution >= 0.6 is 0 Å². The molecular formula is C22H45B3O2. The molecule has 2 nitrogen and oxygen atoms in total. The Balaban J connectivity index is 5.09. The summed E-state index contributed by atoms with van der Waals surface area (Å²) in [5.41, 5.74) is -1.01. The first kappa shape index (κ1) is 27.1. The Morgan fingerprint density at radius 1 is 0.741 bits per heavy atom. The van der Waals surface area contributed by atoms with Crippen molar-refractivity contribution < 1.29 is 9.47 Å². The third kappa shape index (κ3) is 10.5. The van der Waals surface area contributed by atoms with Crippen molar-refractivity contribution in [3.8, 4) is 0 Å². The first-order valence-electron chi connectivity index (χ1n) is 10.6. The summed E-state index contributed by atoms with van der Waals surface area (Å²) in [6.07, 6.45) is 0.847. The number of ether oxygens (including phenoxy) is 2. The van der Waals surface area contributed by atoms with Crippen LogP contribution in [0.15, 0.2) is 0 Å². The van der Waals surface area contributed by atoms with Gasteiger partial charge in [0.15, 0.2) is 14.6 Å². The van der Waals surface area contributed by atoms with Crippen molar-refractivity contribution in [1.82, 2.24) is 0 Å². The standard InChI is InChI=1S/C22H45B3O2/c1-16(2)24-20(9,10)26-15-22(13,23)18(5,6)14-19(7,8)27-21(11,12)25-17(3)4/h16-17H,14-15H2,1-13H3. The highest BCUT2D eigenvalue weighted by atomic mass is 16.5. The average molecular weight is 374 g/mol. The molecule has 0 saturated carbocycles. The van der Waals surface area contributed by atoms with E-state index in [-0.39, 0.29) is 22.0 Å². The minimum atomic E-state index is -0.471. The maximum Gasteiger partial charge on any atom is 0.156 e. The predicted octanol–water partition coefficient (Wildman–Crippen LogP) is 6.10. The monoisotopic (exact) mass is 374 g/mol. The summed E-state index contributed by atoms with van der Waals surface area (Å²) >= 11 is 0. The molecule has 0 bridgehead atoms. The van der Waals surface area contributed by atoms with Gasteiger partial charge in [0.05, 0.1) is 13.4 Å². The molecule has 0 aliphatic carbocycles. The normalized spacial score (nSPS) is 16.6. The van der Waals surface area contributed by atoms with E-state index < -0.39 is 5.31 Å². The van der Waals surface area contributed by atoms with Crippen molar-refractivity contribution in [2.24, 2.45) is 5.41 Å². The third-order valence-electron chi connectivity index (χ3n) is 5.17. The van der Waals surface area contributed by atoms with Gasteiger partial charge in [-0.3, -0.25) is 0 Å². The number of hydrogen-bond donors (Lipinski definition) is 0. The van der Waals surface area contributed by atoms with Crippen LogP contribution in [0.5, 0.6) is 0 Å². The second-order valence-electron chi connectivity index (χ2n) is 11.7. The van der Waals surface area contributed by atoms with Crippen LogP contribution in [0.3, 0.4) is 0 Å². The predicted molar refractivity (Wildman–Crippen MR) is 123 cm³/mol. The largest absolute Gasteiger partial charge is 0.385 e. The molecule has 0 aromatic heterocycles. The second kappa shape index (κ2) is 9.29.